The number of hydrogen-bond acceptors (Lipinski definition) is 3. The topological polar surface area (TPSA) is 66.5 Å². The number of benzene rings is 2. The second kappa shape index (κ2) is 7.75. The molecular weight excluding hydrogens is 316 g/mol. The van der Waals surface area contributed by atoms with E-state index in [2.05, 4.69) is 5.32 Å². The standard InChI is InChI=1S/C20H22N2O3/c1-13-6-5-7-19(14(13)2)22(16(4)24)12-20(25)21-18-10-8-17(9-11-18)15(3)23/h5-11H,12H2,1-4H3,(H,21,25). The van der Waals surface area contributed by atoms with Crippen LogP contribution in [0, 0.1) is 13.8 Å². The lowest BCUT2D eigenvalue weighted by Gasteiger charge is -2.23. The summed E-state index contributed by atoms with van der Waals surface area (Å²) in [6, 6.07) is 12.3. The Bertz CT molecular complexity index is 810. The van der Waals surface area contributed by atoms with Gasteiger partial charge in [0.1, 0.15) is 6.54 Å². The minimum absolute atomic E-state index is 0.0319. The van der Waals surface area contributed by atoms with E-state index in [9.17, 15) is 14.4 Å². The molecule has 25 heavy (non-hydrogen) atoms. The summed E-state index contributed by atoms with van der Waals surface area (Å²) >= 11 is 0. The molecule has 2 amide bonds. The van der Waals surface area contributed by atoms with E-state index in [4.69, 9.17) is 0 Å². The van der Waals surface area contributed by atoms with Gasteiger partial charge in [-0.1, -0.05) is 12.1 Å². The Kier molecular flexibility index (Phi) is 5.70. The fourth-order valence-corrected chi connectivity index (χ4v) is 2.53. The smallest absolute Gasteiger partial charge is 0.244 e. The number of rotatable bonds is 5. The quantitative estimate of drug-likeness (QED) is 0.849. The maximum atomic E-state index is 12.3. The zero-order valence-electron chi connectivity index (χ0n) is 14.9. The molecule has 0 fully saturated rings. The highest BCUT2D eigenvalue weighted by Gasteiger charge is 2.18. The number of anilines is 2. The van der Waals surface area contributed by atoms with E-state index in [0.717, 1.165) is 16.8 Å². The van der Waals surface area contributed by atoms with E-state index >= 15 is 0 Å². The molecule has 2 aromatic rings. The molecule has 0 spiro atoms. The fraction of sp³-hybridized carbons (Fsp3) is 0.250. The molecule has 2 rings (SSSR count). The molecular formula is C20H22N2O3. The predicted molar refractivity (Wildman–Crippen MR) is 99.0 cm³/mol. The molecule has 2 aromatic carbocycles. The molecule has 5 nitrogen and oxygen atoms in total. The Balaban J connectivity index is 2.14. The Morgan fingerprint density at radius 1 is 0.960 bits per heavy atom. The SMILES string of the molecule is CC(=O)c1ccc(NC(=O)CN(C(C)=O)c2cccc(C)c2C)cc1. The van der Waals surface area contributed by atoms with Gasteiger partial charge < -0.3 is 10.2 Å². The van der Waals surface area contributed by atoms with Crippen molar-refractivity contribution >= 4 is 29.0 Å². The number of Topliss-reactive ketones (excluding diaryl/α,β-unsaturated/α-hetero) is 1. The average Bonchev–Trinajstić information content (AvgIpc) is 2.56. The van der Waals surface area contributed by atoms with Gasteiger partial charge in [0.05, 0.1) is 0 Å². The summed E-state index contributed by atoms with van der Waals surface area (Å²) in [5.74, 6) is -0.530. The number of nitrogens with one attached hydrogen (secondary N) is 1. The van der Waals surface area contributed by atoms with Crippen LogP contribution in [0.15, 0.2) is 42.5 Å². The molecule has 0 aliphatic heterocycles. The maximum absolute atomic E-state index is 12.3. The fourth-order valence-electron chi connectivity index (χ4n) is 2.53. The van der Waals surface area contributed by atoms with Crippen LogP contribution in [0.1, 0.15) is 35.3 Å². The van der Waals surface area contributed by atoms with Crippen LogP contribution in [0.5, 0.6) is 0 Å². The highest BCUT2D eigenvalue weighted by molar-refractivity contribution is 6.02. The van der Waals surface area contributed by atoms with Gasteiger partial charge in [0, 0.05) is 23.9 Å². The van der Waals surface area contributed by atoms with E-state index in [1.165, 1.54) is 18.7 Å². The van der Waals surface area contributed by atoms with Crippen molar-refractivity contribution < 1.29 is 14.4 Å². The lowest BCUT2D eigenvalue weighted by atomic mass is 10.1. The zero-order valence-corrected chi connectivity index (χ0v) is 14.9. The molecule has 0 radical (unpaired) electrons. The van der Waals surface area contributed by atoms with Gasteiger partial charge in [0.15, 0.2) is 5.78 Å². The van der Waals surface area contributed by atoms with E-state index in [-0.39, 0.29) is 24.1 Å². The second-order valence-corrected chi connectivity index (χ2v) is 6.01. The van der Waals surface area contributed by atoms with Crippen LogP contribution in [-0.4, -0.2) is 24.1 Å². The largest absolute Gasteiger partial charge is 0.325 e. The Morgan fingerprint density at radius 2 is 1.60 bits per heavy atom. The first-order valence-corrected chi connectivity index (χ1v) is 8.04. The number of carbonyl (C=O) groups excluding carboxylic acids is 3. The average molecular weight is 338 g/mol. The van der Waals surface area contributed by atoms with Gasteiger partial charge in [-0.25, -0.2) is 0 Å². The van der Waals surface area contributed by atoms with E-state index in [0.29, 0.717) is 11.3 Å². The third kappa shape index (κ3) is 4.53. The molecule has 0 saturated heterocycles. The van der Waals surface area contributed by atoms with E-state index in [1.54, 1.807) is 24.3 Å². The van der Waals surface area contributed by atoms with Crippen molar-refractivity contribution in [3.05, 3.63) is 59.2 Å². The van der Waals surface area contributed by atoms with Gasteiger partial charge in [-0.15, -0.1) is 0 Å². The monoisotopic (exact) mass is 338 g/mol. The lowest BCUT2D eigenvalue weighted by Crippen LogP contribution is -2.37. The number of amides is 2. The van der Waals surface area contributed by atoms with Gasteiger partial charge in [-0.2, -0.15) is 0 Å². The van der Waals surface area contributed by atoms with Crippen molar-refractivity contribution in [2.45, 2.75) is 27.7 Å². The van der Waals surface area contributed by atoms with Crippen molar-refractivity contribution in [2.75, 3.05) is 16.8 Å². The first kappa shape index (κ1) is 18.4. The number of aryl methyl sites for hydroxylation is 1. The van der Waals surface area contributed by atoms with Crippen molar-refractivity contribution in [3.8, 4) is 0 Å². The van der Waals surface area contributed by atoms with Gasteiger partial charge in [-0.05, 0) is 62.2 Å². The number of nitrogens with zero attached hydrogens (tertiary/aromatic N) is 1. The van der Waals surface area contributed by atoms with Gasteiger partial charge in [0.25, 0.3) is 0 Å². The van der Waals surface area contributed by atoms with Gasteiger partial charge in [-0.3, -0.25) is 14.4 Å². The summed E-state index contributed by atoms with van der Waals surface area (Å²) < 4.78 is 0. The van der Waals surface area contributed by atoms with Crippen LogP contribution in [0.2, 0.25) is 0 Å². The van der Waals surface area contributed by atoms with Crippen molar-refractivity contribution in [2.24, 2.45) is 0 Å². The van der Waals surface area contributed by atoms with Crippen LogP contribution in [0.3, 0.4) is 0 Å². The highest BCUT2D eigenvalue weighted by Crippen LogP contribution is 2.23. The van der Waals surface area contributed by atoms with Crippen molar-refractivity contribution in [1.82, 2.24) is 0 Å². The van der Waals surface area contributed by atoms with Crippen LogP contribution < -0.4 is 10.2 Å². The summed E-state index contributed by atoms with van der Waals surface area (Å²) in [5.41, 5.74) is 3.92. The maximum Gasteiger partial charge on any atom is 0.244 e. The number of carbonyl (C=O) groups is 3. The van der Waals surface area contributed by atoms with Gasteiger partial charge in [0.2, 0.25) is 11.8 Å². The zero-order chi connectivity index (χ0) is 18.6. The van der Waals surface area contributed by atoms with Crippen molar-refractivity contribution in [3.63, 3.8) is 0 Å². The molecule has 0 atom stereocenters. The molecule has 0 unspecified atom stereocenters. The molecule has 5 heteroatoms. The molecule has 130 valence electrons. The minimum Gasteiger partial charge on any atom is -0.325 e. The van der Waals surface area contributed by atoms with E-state index < -0.39 is 0 Å². The summed E-state index contributed by atoms with van der Waals surface area (Å²) in [6.07, 6.45) is 0. The molecule has 1 N–H and O–H groups in total. The first-order chi connectivity index (χ1) is 11.8. The Labute approximate surface area is 147 Å². The third-order valence-corrected chi connectivity index (χ3v) is 4.12. The molecule has 0 aromatic heterocycles. The molecule has 0 bridgehead atoms. The predicted octanol–water partition coefficient (Wildman–Crippen LogP) is 3.50. The van der Waals surface area contributed by atoms with E-state index in [1.807, 2.05) is 32.0 Å². The second-order valence-electron chi connectivity index (χ2n) is 6.01. The summed E-state index contributed by atoms with van der Waals surface area (Å²) in [5, 5.41) is 2.75. The summed E-state index contributed by atoms with van der Waals surface area (Å²) in [7, 11) is 0. The van der Waals surface area contributed by atoms with Crippen LogP contribution in [-0.2, 0) is 9.59 Å². The lowest BCUT2D eigenvalue weighted by molar-refractivity contribution is -0.120. The molecule has 0 aliphatic rings. The normalized spacial score (nSPS) is 10.2. The van der Waals surface area contributed by atoms with Gasteiger partial charge >= 0.3 is 0 Å². The first-order valence-electron chi connectivity index (χ1n) is 8.04. The van der Waals surface area contributed by atoms with Crippen LogP contribution in [0.4, 0.5) is 11.4 Å². The number of ketones is 1. The Morgan fingerprint density at radius 3 is 2.16 bits per heavy atom. The number of hydrogen-bond donors (Lipinski definition) is 1. The van der Waals surface area contributed by atoms with Crippen LogP contribution in [0.25, 0.3) is 0 Å². The van der Waals surface area contributed by atoms with Crippen LogP contribution >= 0.6 is 0 Å². The molecule has 0 saturated carbocycles. The minimum atomic E-state index is -0.299. The van der Waals surface area contributed by atoms with Crippen molar-refractivity contribution in [1.29, 1.82) is 0 Å². The molecule has 0 heterocycles. The Hall–Kier alpha value is -2.95. The summed E-state index contributed by atoms with van der Waals surface area (Å²) in [6.45, 7) is 6.75. The molecule has 0 aliphatic carbocycles. The third-order valence-electron chi connectivity index (χ3n) is 4.12. The summed E-state index contributed by atoms with van der Waals surface area (Å²) in [4.78, 5) is 37.1. The highest BCUT2D eigenvalue weighted by atomic mass is 16.2.